The van der Waals surface area contributed by atoms with Crippen molar-refractivity contribution in [3.05, 3.63) is 124 Å². The number of rotatable bonds is 8. The van der Waals surface area contributed by atoms with Crippen LogP contribution in [0.1, 0.15) is 70.7 Å². The van der Waals surface area contributed by atoms with Crippen molar-refractivity contribution >= 4 is 80.8 Å². The van der Waals surface area contributed by atoms with Gasteiger partial charge in [0.1, 0.15) is 22.8 Å². The Hall–Kier alpha value is -3.41. The summed E-state index contributed by atoms with van der Waals surface area (Å²) in [4.78, 5) is 24.7. The smallest absolute Gasteiger partial charge is 0.416 e. The Labute approximate surface area is 325 Å². The number of hydrogen-bond donors (Lipinski definition) is 2. The van der Waals surface area contributed by atoms with Gasteiger partial charge in [0.15, 0.2) is 5.78 Å². The second kappa shape index (κ2) is 14.1. The van der Waals surface area contributed by atoms with Gasteiger partial charge in [-0.3, -0.25) is 4.79 Å². The van der Waals surface area contributed by atoms with Gasteiger partial charge in [-0.05, 0) is 136 Å². The van der Waals surface area contributed by atoms with Gasteiger partial charge in [-0.15, -0.1) is 0 Å². The van der Waals surface area contributed by atoms with Crippen LogP contribution in [0.3, 0.4) is 0 Å². The quantitative estimate of drug-likeness (QED) is 0.148. The minimum absolute atomic E-state index is 0.0632. The maximum Gasteiger partial charge on any atom is 0.416 e. The van der Waals surface area contributed by atoms with E-state index >= 15 is 4.79 Å². The summed E-state index contributed by atoms with van der Waals surface area (Å²) in [5, 5.41) is 21.2. The molecular formula is C35H24Br4F6N4O3. The van der Waals surface area contributed by atoms with Crippen LogP contribution in [0.2, 0.25) is 0 Å². The van der Waals surface area contributed by atoms with Gasteiger partial charge in [-0.2, -0.15) is 26.3 Å². The van der Waals surface area contributed by atoms with E-state index < -0.39 is 41.1 Å². The van der Waals surface area contributed by atoms with Crippen molar-refractivity contribution in [2.24, 2.45) is 0 Å². The van der Waals surface area contributed by atoms with Gasteiger partial charge in [-0.25, -0.2) is 9.97 Å². The van der Waals surface area contributed by atoms with E-state index in [1.807, 2.05) is 0 Å². The predicted molar refractivity (Wildman–Crippen MR) is 195 cm³/mol. The molecule has 0 aliphatic rings. The first-order valence-electron chi connectivity index (χ1n) is 15.4. The molecule has 0 radical (unpaired) electrons. The first-order valence-corrected chi connectivity index (χ1v) is 18.6. The molecule has 272 valence electrons. The average Bonchev–Trinajstić information content (AvgIpc) is 3.63. The van der Waals surface area contributed by atoms with Crippen molar-refractivity contribution in [1.82, 2.24) is 18.8 Å². The first kappa shape index (κ1) is 38.3. The number of alkyl halides is 6. The lowest BCUT2D eigenvalue weighted by atomic mass is 9.79. The Balaban J connectivity index is 1.71. The van der Waals surface area contributed by atoms with Gasteiger partial charge in [0, 0.05) is 12.4 Å². The summed E-state index contributed by atoms with van der Waals surface area (Å²) < 4.78 is 86.4. The molecule has 0 aliphatic carbocycles. The Morgan fingerprint density at radius 2 is 0.981 bits per heavy atom. The molecule has 2 unspecified atom stereocenters. The minimum atomic E-state index is -4.67. The number of aryl methyl sites for hydroxylation is 2. The summed E-state index contributed by atoms with van der Waals surface area (Å²) in [6.07, 6.45) is -6.54. The number of carbonyl (C=O) groups is 1. The Bertz CT molecular complexity index is 2180. The maximum atomic E-state index is 15.7. The number of phenolic OH excluding ortho intramolecular Hbond substituents is 2. The normalized spacial score (nSPS) is 13.6. The zero-order valence-corrected chi connectivity index (χ0v) is 33.1. The molecule has 4 aromatic heterocycles. The fourth-order valence-corrected chi connectivity index (χ4v) is 8.74. The van der Waals surface area contributed by atoms with Crippen LogP contribution in [-0.2, 0) is 30.0 Å². The van der Waals surface area contributed by atoms with E-state index in [-0.39, 0.29) is 64.9 Å². The number of nitrogens with zero attached hydrogens (tertiary/aromatic N) is 4. The van der Waals surface area contributed by atoms with Crippen LogP contribution in [0.25, 0.3) is 11.3 Å². The number of aromatic nitrogens is 4. The van der Waals surface area contributed by atoms with E-state index in [1.165, 1.54) is 45.5 Å². The Kier molecular flexibility index (Phi) is 10.4. The molecule has 0 bridgehead atoms. The summed E-state index contributed by atoms with van der Waals surface area (Å²) in [5.74, 6) is -3.48. The number of carbonyl (C=O) groups excluding carboxylic acids is 1. The number of ketones is 1. The molecule has 0 fully saturated rings. The lowest BCUT2D eigenvalue weighted by Gasteiger charge is -2.26. The van der Waals surface area contributed by atoms with E-state index in [1.54, 1.807) is 13.8 Å². The number of benzene rings is 2. The molecule has 6 aromatic rings. The fraction of sp³-hybridized carbons (Fsp3) is 0.229. The third-order valence-corrected chi connectivity index (χ3v) is 11.1. The summed E-state index contributed by atoms with van der Waals surface area (Å²) in [7, 11) is 0. The summed E-state index contributed by atoms with van der Waals surface area (Å²) in [6.45, 7) is 3.48. The topological polar surface area (TPSA) is 92.1 Å². The van der Waals surface area contributed by atoms with Crippen molar-refractivity contribution in [3.63, 3.8) is 0 Å². The van der Waals surface area contributed by atoms with Gasteiger partial charge in [0.2, 0.25) is 0 Å². The van der Waals surface area contributed by atoms with Gasteiger partial charge >= 0.3 is 12.4 Å². The monoisotopic (exact) mass is 978 g/mol. The van der Waals surface area contributed by atoms with E-state index in [4.69, 9.17) is 0 Å². The van der Waals surface area contributed by atoms with Crippen molar-refractivity contribution in [2.45, 2.75) is 50.9 Å². The highest BCUT2D eigenvalue weighted by Gasteiger charge is 2.40. The average molecular weight is 982 g/mol. The highest BCUT2D eigenvalue weighted by Crippen LogP contribution is 2.45. The van der Waals surface area contributed by atoms with Crippen LogP contribution < -0.4 is 0 Å². The molecule has 52 heavy (non-hydrogen) atoms. The van der Waals surface area contributed by atoms with Crippen LogP contribution >= 0.6 is 63.7 Å². The number of halogens is 10. The molecule has 17 heteroatoms. The molecule has 2 aromatic carbocycles. The molecule has 4 heterocycles. The number of pyridine rings is 2. The zero-order chi connectivity index (χ0) is 38.0. The van der Waals surface area contributed by atoms with Gasteiger partial charge in [0.05, 0.1) is 63.6 Å². The van der Waals surface area contributed by atoms with Gasteiger partial charge in [0.25, 0.3) is 0 Å². The third kappa shape index (κ3) is 6.89. The maximum absolute atomic E-state index is 15.7. The van der Waals surface area contributed by atoms with Crippen LogP contribution in [-0.4, -0.2) is 34.8 Å². The molecule has 0 aliphatic heterocycles. The molecule has 0 spiro atoms. The molecular weight excluding hydrogens is 958 g/mol. The summed E-state index contributed by atoms with van der Waals surface area (Å²) in [6, 6.07) is 9.57. The molecule has 0 saturated carbocycles. The number of fused-ring (bicyclic) bond motifs is 2. The van der Waals surface area contributed by atoms with Crippen molar-refractivity contribution < 1.29 is 41.4 Å². The molecule has 0 saturated heterocycles. The van der Waals surface area contributed by atoms with Crippen molar-refractivity contribution in [1.29, 1.82) is 0 Å². The number of aromatic hydroxyl groups is 2. The predicted octanol–water partition coefficient (Wildman–Crippen LogP) is 11.1. The van der Waals surface area contributed by atoms with E-state index in [0.717, 1.165) is 24.3 Å². The molecule has 2 atom stereocenters. The Morgan fingerprint density at radius 1 is 0.654 bits per heavy atom. The molecule has 7 nitrogen and oxygen atoms in total. The number of Topliss-reactive ketones (excluding diaryl/α,β-unsaturated/α-hetero) is 1. The highest BCUT2D eigenvalue weighted by molar-refractivity contribution is 9.11. The van der Waals surface area contributed by atoms with E-state index in [2.05, 4.69) is 73.7 Å². The second-order valence-corrected chi connectivity index (χ2v) is 15.2. The number of hydrogen-bond acceptors (Lipinski definition) is 5. The van der Waals surface area contributed by atoms with Crippen LogP contribution in [0.15, 0.2) is 78.8 Å². The third-order valence-electron chi connectivity index (χ3n) is 8.66. The van der Waals surface area contributed by atoms with Crippen LogP contribution in [0, 0.1) is 0 Å². The van der Waals surface area contributed by atoms with Crippen LogP contribution in [0.4, 0.5) is 26.3 Å². The van der Waals surface area contributed by atoms with Crippen molar-refractivity contribution in [2.75, 3.05) is 0 Å². The summed E-state index contributed by atoms with van der Waals surface area (Å²) in [5.41, 5.74) is -0.267. The van der Waals surface area contributed by atoms with Gasteiger partial charge < -0.3 is 19.0 Å². The van der Waals surface area contributed by atoms with Gasteiger partial charge in [-0.1, -0.05) is 13.8 Å². The zero-order valence-electron chi connectivity index (χ0n) is 26.7. The van der Waals surface area contributed by atoms with E-state index in [0.29, 0.717) is 22.5 Å². The highest BCUT2D eigenvalue weighted by atomic mass is 79.9. The van der Waals surface area contributed by atoms with Crippen LogP contribution in [0.5, 0.6) is 11.5 Å². The molecule has 2 N–H and O–H groups in total. The lowest BCUT2D eigenvalue weighted by Crippen LogP contribution is -2.26. The van der Waals surface area contributed by atoms with E-state index in [9.17, 15) is 36.6 Å². The first-order chi connectivity index (χ1) is 24.3. The second-order valence-electron chi connectivity index (χ2n) is 11.8. The number of phenols is 2. The standard InChI is InChI=1S/C35H24Br4F6N4O3/c1-3-23-29(48-7-5-17(34(40,41)42)13-25(48)46-23)27(15-9-19(36)31(50)20(37)10-15)33(52)28(16-11-21(38)32(51)22(39)12-16)30-24(4-2)47-26-14-18(35(43,44)45)6-8-49(26)30/h5-14,27-28,50-51H,3-4H2,1-2H3. The largest absolute Gasteiger partial charge is 0.506 e. The SMILES string of the molecule is CCc1nc2cc(C(F)(F)F)ccn2c1C(C(=O)C(c1cc(Br)c(O)c(Br)c1)c1c(CC)nc2cc(C(F)(F)F)ccn12)c1cc(Br)c(O)c(Br)c1. The summed E-state index contributed by atoms with van der Waals surface area (Å²) >= 11 is 13.3. The fourth-order valence-electron chi connectivity index (χ4n) is 6.29. The Morgan fingerprint density at radius 3 is 1.27 bits per heavy atom. The number of imidazole rings is 2. The molecule has 6 rings (SSSR count). The lowest BCUT2D eigenvalue weighted by molar-refractivity contribution is -0.138. The van der Waals surface area contributed by atoms with Crippen molar-refractivity contribution in [3.8, 4) is 11.5 Å². The minimum Gasteiger partial charge on any atom is -0.506 e. The molecule has 0 amide bonds.